The van der Waals surface area contributed by atoms with Gasteiger partial charge in [-0.15, -0.1) is 0 Å². The maximum atomic E-state index is 12.3. The zero-order chi connectivity index (χ0) is 18.3. The molecule has 0 spiro atoms. The van der Waals surface area contributed by atoms with Gasteiger partial charge in [-0.05, 0) is 49.1 Å². The molecule has 2 N–H and O–H groups in total. The number of fused-ring (bicyclic) bond motifs is 2. The van der Waals surface area contributed by atoms with Crippen LogP contribution in [0.5, 0.6) is 0 Å². The zero-order valence-corrected chi connectivity index (χ0v) is 15.7. The number of pyridine rings is 1. The van der Waals surface area contributed by atoms with Gasteiger partial charge in [0.2, 0.25) is 0 Å². The third-order valence-corrected chi connectivity index (χ3v) is 5.62. The van der Waals surface area contributed by atoms with Crippen molar-refractivity contribution in [3.63, 3.8) is 0 Å². The van der Waals surface area contributed by atoms with Crippen LogP contribution >= 0.6 is 23.2 Å². The van der Waals surface area contributed by atoms with Crippen molar-refractivity contribution in [1.29, 1.82) is 0 Å². The summed E-state index contributed by atoms with van der Waals surface area (Å²) in [6.07, 6.45) is 3.57. The van der Waals surface area contributed by atoms with Crippen LogP contribution in [-0.2, 0) is 13.0 Å². The van der Waals surface area contributed by atoms with E-state index in [4.69, 9.17) is 23.2 Å². The minimum atomic E-state index is -0.220. The molecule has 0 aliphatic heterocycles. The Balaban J connectivity index is 1.41. The Morgan fingerprint density at radius 2 is 2.15 bits per heavy atom. The van der Waals surface area contributed by atoms with Crippen LogP contribution < -0.4 is 10.6 Å². The predicted molar refractivity (Wildman–Crippen MR) is 103 cm³/mol. The average molecular weight is 389 g/mol. The first kappa shape index (κ1) is 17.2. The Kier molecular flexibility index (Phi) is 4.51. The highest BCUT2D eigenvalue weighted by Gasteiger charge is 2.26. The van der Waals surface area contributed by atoms with Crippen LogP contribution in [-0.4, -0.2) is 15.4 Å². The molecule has 5 nitrogen and oxygen atoms in total. The highest BCUT2D eigenvalue weighted by Crippen LogP contribution is 2.38. The van der Waals surface area contributed by atoms with E-state index in [0.717, 1.165) is 41.0 Å². The topological polar surface area (TPSA) is 58.4 Å². The lowest BCUT2D eigenvalue weighted by molar-refractivity contribution is 0.236. The summed E-state index contributed by atoms with van der Waals surface area (Å²) in [6.45, 7) is 2.39. The van der Waals surface area contributed by atoms with Gasteiger partial charge in [0.1, 0.15) is 5.65 Å². The molecule has 0 saturated heterocycles. The zero-order valence-electron chi connectivity index (χ0n) is 14.2. The van der Waals surface area contributed by atoms with Crippen LogP contribution in [0.25, 0.3) is 5.65 Å². The first-order chi connectivity index (χ1) is 12.5. The van der Waals surface area contributed by atoms with Crippen molar-refractivity contribution in [3.05, 3.63) is 69.1 Å². The van der Waals surface area contributed by atoms with Gasteiger partial charge in [0.25, 0.3) is 0 Å². The number of carbonyl (C=O) groups excluding carboxylic acids is 1. The predicted octanol–water partition coefficient (Wildman–Crippen LogP) is 4.44. The number of benzene rings is 1. The van der Waals surface area contributed by atoms with E-state index >= 15 is 0 Å². The molecule has 26 heavy (non-hydrogen) atoms. The third kappa shape index (κ3) is 3.13. The molecule has 0 saturated carbocycles. The fraction of sp³-hybridized carbons (Fsp3) is 0.263. The summed E-state index contributed by atoms with van der Waals surface area (Å²) in [5, 5.41) is 7.03. The van der Waals surface area contributed by atoms with E-state index in [-0.39, 0.29) is 12.1 Å². The molecular formula is C19H18Cl2N4O. The summed E-state index contributed by atoms with van der Waals surface area (Å²) >= 11 is 12.3. The molecule has 3 aromatic rings. The first-order valence-electron chi connectivity index (χ1n) is 8.47. The van der Waals surface area contributed by atoms with Crippen molar-refractivity contribution >= 4 is 34.9 Å². The number of nitrogens with zero attached hydrogens (tertiary/aromatic N) is 2. The molecule has 1 aliphatic carbocycles. The number of rotatable bonds is 3. The SMILES string of the molecule is Cc1cccc2nc(CNC(=O)NC3CCc4c3ccc(Cl)c4Cl)cn12. The van der Waals surface area contributed by atoms with Gasteiger partial charge in [-0.2, -0.15) is 0 Å². The molecule has 0 bridgehead atoms. The van der Waals surface area contributed by atoms with Gasteiger partial charge in [-0.25, -0.2) is 9.78 Å². The van der Waals surface area contributed by atoms with Crippen molar-refractivity contribution in [1.82, 2.24) is 20.0 Å². The first-order valence-corrected chi connectivity index (χ1v) is 9.23. The van der Waals surface area contributed by atoms with Crippen LogP contribution in [0, 0.1) is 6.92 Å². The van der Waals surface area contributed by atoms with E-state index in [1.165, 1.54) is 0 Å². The van der Waals surface area contributed by atoms with Crippen LogP contribution in [0.15, 0.2) is 36.5 Å². The monoisotopic (exact) mass is 388 g/mol. The van der Waals surface area contributed by atoms with Crippen LogP contribution in [0.3, 0.4) is 0 Å². The van der Waals surface area contributed by atoms with Gasteiger partial charge in [-0.1, -0.05) is 35.3 Å². The quantitative estimate of drug-likeness (QED) is 0.696. The molecular weight excluding hydrogens is 371 g/mol. The van der Waals surface area contributed by atoms with E-state index in [1.54, 1.807) is 6.07 Å². The maximum Gasteiger partial charge on any atom is 0.315 e. The standard InChI is InChI=1S/C19H18Cl2N4O/c1-11-3-2-4-17-23-12(10-25(11)17)9-22-19(26)24-16-8-6-14-13(16)5-7-15(20)18(14)21/h2-5,7,10,16H,6,8-9H2,1H3,(H2,22,24,26). The van der Waals surface area contributed by atoms with Crippen LogP contribution in [0.4, 0.5) is 4.79 Å². The molecule has 0 fully saturated rings. The highest BCUT2D eigenvalue weighted by atomic mass is 35.5. The smallest absolute Gasteiger partial charge is 0.315 e. The molecule has 1 aliphatic rings. The van der Waals surface area contributed by atoms with Crippen LogP contribution in [0.2, 0.25) is 10.0 Å². The number of urea groups is 1. The van der Waals surface area contributed by atoms with Crippen molar-refractivity contribution in [2.24, 2.45) is 0 Å². The Morgan fingerprint density at radius 1 is 1.31 bits per heavy atom. The van der Waals surface area contributed by atoms with Crippen molar-refractivity contribution in [2.75, 3.05) is 0 Å². The molecule has 2 aromatic heterocycles. The largest absolute Gasteiger partial charge is 0.332 e. The lowest BCUT2D eigenvalue weighted by atomic mass is 10.1. The number of aromatic nitrogens is 2. The normalized spacial score (nSPS) is 15.9. The van der Waals surface area contributed by atoms with Gasteiger partial charge >= 0.3 is 6.03 Å². The molecule has 134 valence electrons. The number of carbonyl (C=O) groups is 1. The van der Waals surface area contributed by atoms with E-state index < -0.39 is 0 Å². The number of amides is 2. The van der Waals surface area contributed by atoms with E-state index in [0.29, 0.717) is 16.6 Å². The number of hydrogen-bond acceptors (Lipinski definition) is 2. The van der Waals surface area contributed by atoms with Gasteiger partial charge in [0, 0.05) is 11.9 Å². The Hall–Kier alpha value is -2.24. The fourth-order valence-corrected chi connectivity index (χ4v) is 3.89. The Labute approximate surface area is 161 Å². The molecule has 0 radical (unpaired) electrons. The molecule has 1 atom stereocenters. The number of nitrogens with one attached hydrogen (secondary N) is 2. The summed E-state index contributed by atoms with van der Waals surface area (Å²) in [5.74, 6) is 0. The van der Waals surface area contributed by atoms with Crippen molar-refractivity contribution in [3.8, 4) is 0 Å². The number of hydrogen-bond donors (Lipinski definition) is 2. The third-order valence-electron chi connectivity index (χ3n) is 4.77. The van der Waals surface area contributed by atoms with Crippen molar-refractivity contribution < 1.29 is 4.79 Å². The number of aryl methyl sites for hydroxylation is 1. The van der Waals surface area contributed by atoms with E-state index in [2.05, 4.69) is 15.6 Å². The number of imidazole rings is 1. The summed E-state index contributed by atoms with van der Waals surface area (Å²) in [6, 6.07) is 9.38. The Bertz CT molecular complexity index is 999. The summed E-state index contributed by atoms with van der Waals surface area (Å²) < 4.78 is 2.01. The summed E-state index contributed by atoms with van der Waals surface area (Å²) in [4.78, 5) is 16.8. The summed E-state index contributed by atoms with van der Waals surface area (Å²) in [5.41, 5.74) is 4.86. The molecule has 2 heterocycles. The minimum absolute atomic E-state index is 0.0527. The molecule has 4 rings (SSSR count). The number of halogens is 2. The molecule has 1 unspecified atom stereocenters. The second-order valence-corrected chi connectivity index (χ2v) is 7.26. The highest BCUT2D eigenvalue weighted by molar-refractivity contribution is 6.42. The van der Waals surface area contributed by atoms with E-state index in [9.17, 15) is 4.79 Å². The second-order valence-electron chi connectivity index (χ2n) is 6.48. The fourth-order valence-electron chi connectivity index (χ4n) is 3.45. The second kappa shape index (κ2) is 6.82. The van der Waals surface area contributed by atoms with E-state index in [1.807, 2.05) is 41.8 Å². The molecule has 7 heteroatoms. The average Bonchev–Trinajstić information content (AvgIpc) is 3.22. The lowest BCUT2D eigenvalue weighted by Gasteiger charge is -2.15. The Morgan fingerprint density at radius 3 is 2.96 bits per heavy atom. The minimum Gasteiger partial charge on any atom is -0.332 e. The van der Waals surface area contributed by atoms with Gasteiger partial charge in [0.15, 0.2) is 0 Å². The molecule has 2 amide bonds. The van der Waals surface area contributed by atoms with Gasteiger partial charge in [-0.3, -0.25) is 0 Å². The lowest BCUT2D eigenvalue weighted by Crippen LogP contribution is -2.37. The van der Waals surface area contributed by atoms with Crippen molar-refractivity contribution in [2.45, 2.75) is 32.4 Å². The molecule has 1 aromatic carbocycles. The summed E-state index contributed by atoms with van der Waals surface area (Å²) in [7, 11) is 0. The van der Waals surface area contributed by atoms with Gasteiger partial charge in [0.05, 0.1) is 28.3 Å². The maximum absolute atomic E-state index is 12.3. The van der Waals surface area contributed by atoms with Crippen LogP contribution in [0.1, 0.15) is 35.0 Å². The van der Waals surface area contributed by atoms with Gasteiger partial charge < -0.3 is 15.0 Å².